The van der Waals surface area contributed by atoms with E-state index >= 15 is 0 Å². The topological polar surface area (TPSA) is 42.7 Å². The number of anilines is 1. The maximum Gasteiger partial charge on any atom is 0.336 e. The number of halogens is 1. The van der Waals surface area contributed by atoms with E-state index in [0.29, 0.717) is 18.9 Å². The van der Waals surface area contributed by atoms with Gasteiger partial charge in [0, 0.05) is 22.2 Å². The number of hydrogen-bond acceptors (Lipinski definition) is 4. The Morgan fingerprint density at radius 1 is 1.19 bits per heavy atom. The van der Waals surface area contributed by atoms with Crippen molar-refractivity contribution in [2.45, 2.75) is 33.2 Å². The van der Waals surface area contributed by atoms with Crippen molar-refractivity contribution in [3.05, 3.63) is 68.5 Å². The summed E-state index contributed by atoms with van der Waals surface area (Å²) in [4.78, 5) is 14.1. The summed E-state index contributed by atoms with van der Waals surface area (Å²) in [5, 5.41) is 1.71. The minimum absolute atomic E-state index is 0.315. The molecule has 134 valence electrons. The molecule has 1 aromatic heterocycles. The third-order valence-corrected chi connectivity index (χ3v) is 5.23. The van der Waals surface area contributed by atoms with E-state index in [0.717, 1.165) is 51.4 Å². The largest absolute Gasteiger partial charge is 0.473 e. The van der Waals surface area contributed by atoms with Gasteiger partial charge in [-0.05, 0) is 48.7 Å². The van der Waals surface area contributed by atoms with Gasteiger partial charge in [0.25, 0.3) is 0 Å². The van der Waals surface area contributed by atoms with Gasteiger partial charge in [0.2, 0.25) is 0 Å². The standard InChI is InChI=1S/C21H20ClNO3/c1-3-4-14-9-20(24)26-21-16(14)7-8-19-17(21)11-23(12-25-19)15-6-5-13(2)18(22)10-15/h5-10H,3-4,11-12H2,1-2H3. The number of fused-ring (bicyclic) bond motifs is 3. The van der Waals surface area contributed by atoms with Gasteiger partial charge in [-0.3, -0.25) is 0 Å². The van der Waals surface area contributed by atoms with Gasteiger partial charge in [-0.1, -0.05) is 31.0 Å². The quantitative estimate of drug-likeness (QED) is 0.605. The Hall–Kier alpha value is -2.46. The van der Waals surface area contributed by atoms with Gasteiger partial charge in [-0.15, -0.1) is 0 Å². The van der Waals surface area contributed by atoms with Gasteiger partial charge >= 0.3 is 5.63 Å². The minimum atomic E-state index is -0.315. The van der Waals surface area contributed by atoms with Crippen molar-refractivity contribution in [2.24, 2.45) is 0 Å². The van der Waals surface area contributed by atoms with Crippen molar-refractivity contribution in [1.82, 2.24) is 0 Å². The molecule has 0 spiro atoms. The first-order chi connectivity index (χ1) is 12.6. The molecular weight excluding hydrogens is 350 g/mol. The third-order valence-electron chi connectivity index (χ3n) is 4.82. The number of hydrogen-bond donors (Lipinski definition) is 0. The average Bonchev–Trinajstić information content (AvgIpc) is 2.63. The van der Waals surface area contributed by atoms with E-state index in [-0.39, 0.29) is 5.63 Å². The Balaban J connectivity index is 1.81. The molecule has 2 heterocycles. The predicted octanol–water partition coefficient (Wildman–Crippen LogP) is 5.06. The van der Waals surface area contributed by atoms with Gasteiger partial charge in [0.15, 0.2) is 6.73 Å². The van der Waals surface area contributed by atoms with Crippen LogP contribution in [0.1, 0.15) is 30.0 Å². The SMILES string of the molecule is CCCc1cc(=O)oc2c3c(ccc12)OCN(c1ccc(C)c(Cl)c1)C3. The van der Waals surface area contributed by atoms with Crippen LogP contribution in [0.2, 0.25) is 5.02 Å². The van der Waals surface area contributed by atoms with Crippen LogP contribution in [0.15, 0.2) is 45.6 Å². The molecule has 0 atom stereocenters. The Kier molecular flexibility index (Phi) is 4.37. The molecule has 2 aromatic carbocycles. The molecular formula is C21H20ClNO3. The Morgan fingerprint density at radius 2 is 2.04 bits per heavy atom. The lowest BCUT2D eigenvalue weighted by Gasteiger charge is -2.31. The molecule has 4 rings (SSSR count). The highest BCUT2D eigenvalue weighted by Crippen LogP contribution is 2.35. The highest BCUT2D eigenvalue weighted by molar-refractivity contribution is 6.31. The van der Waals surface area contributed by atoms with Crippen LogP contribution < -0.4 is 15.3 Å². The van der Waals surface area contributed by atoms with Gasteiger partial charge < -0.3 is 14.1 Å². The lowest BCUT2D eigenvalue weighted by Crippen LogP contribution is -2.32. The molecule has 3 aromatic rings. The van der Waals surface area contributed by atoms with Gasteiger partial charge in [-0.25, -0.2) is 4.79 Å². The van der Waals surface area contributed by atoms with Crippen LogP contribution >= 0.6 is 11.6 Å². The zero-order valence-electron chi connectivity index (χ0n) is 14.8. The second kappa shape index (κ2) is 6.69. The fourth-order valence-electron chi connectivity index (χ4n) is 3.42. The van der Waals surface area contributed by atoms with Crippen LogP contribution in [0.25, 0.3) is 11.0 Å². The molecule has 0 N–H and O–H groups in total. The summed E-state index contributed by atoms with van der Waals surface area (Å²) in [5.41, 5.74) is 4.26. The molecule has 5 heteroatoms. The molecule has 0 amide bonds. The summed E-state index contributed by atoms with van der Waals surface area (Å²) in [7, 11) is 0. The van der Waals surface area contributed by atoms with E-state index in [2.05, 4.69) is 11.8 Å². The Labute approximate surface area is 156 Å². The van der Waals surface area contributed by atoms with Crippen LogP contribution in [-0.2, 0) is 13.0 Å². The smallest absolute Gasteiger partial charge is 0.336 e. The molecule has 0 fully saturated rings. The van der Waals surface area contributed by atoms with Gasteiger partial charge in [-0.2, -0.15) is 0 Å². The number of aryl methyl sites for hydroxylation is 2. The molecule has 0 bridgehead atoms. The monoisotopic (exact) mass is 369 g/mol. The average molecular weight is 370 g/mol. The molecule has 0 aliphatic carbocycles. The van der Waals surface area contributed by atoms with Crippen LogP contribution in [0, 0.1) is 6.92 Å². The number of rotatable bonds is 3. The van der Waals surface area contributed by atoms with Crippen molar-refractivity contribution in [3.8, 4) is 5.75 Å². The first kappa shape index (κ1) is 17.0. The van der Waals surface area contributed by atoms with E-state index in [1.165, 1.54) is 0 Å². The summed E-state index contributed by atoms with van der Waals surface area (Å²) >= 11 is 6.28. The zero-order valence-corrected chi connectivity index (χ0v) is 15.6. The number of benzene rings is 2. The lowest BCUT2D eigenvalue weighted by atomic mass is 10.0. The van der Waals surface area contributed by atoms with E-state index in [9.17, 15) is 4.79 Å². The predicted molar refractivity (Wildman–Crippen MR) is 104 cm³/mol. The van der Waals surface area contributed by atoms with E-state index < -0.39 is 0 Å². The normalized spacial score (nSPS) is 13.6. The Bertz CT molecular complexity index is 1040. The van der Waals surface area contributed by atoms with Gasteiger partial charge in [0.05, 0.1) is 12.1 Å². The molecule has 0 radical (unpaired) electrons. The third kappa shape index (κ3) is 2.95. The first-order valence-corrected chi connectivity index (χ1v) is 9.17. The summed E-state index contributed by atoms with van der Waals surface area (Å²) in [6.45, 7) is 5.11. The van der Waals surface area contributed by atoms with E-state index in [1.54, 1.807) is 6.07 Å². The minimum Gasteiger partial charge on any atom is -0.473 e. The fourth-order valence-corrected chi connectivity index (χ4v) is 3.59. The van der Waals surface area contributed by atoms with Crippen molar-refractivity contribution in [1.29, 1.82) is 0 Å². The fraction of sp³-hybridized carbons (Fsp3) is 0.286. The number of nitrogens with zero attached hydrogens (tertiary/aromatic N) is 1. The van der Waals surface area contributed by atoms with E-state index in [1.807, 2.05) is 37.3 Å². The molecule has 0 saturated heterocycles. The van der Waals surface area contributed by atoms with Gasteiger partial charge in [0.1, 0.15) is 11.3 Å². The summed E-state index contributed by atoms with van der Waals surface area (Å²) in [6, 6.07) is 11.5. The molecule has 1 aliphatic heterocycles. The van der Waals surface area contributed by atoms with E-state index in [4.69, 9.17) is 20.8 Å². The van der Waals surface area contributed by atoms with Crippen molar-refractivity contribution >= 4 is 28.3 Å². The van der Waals surface area contributed by atoms with Crippen molar-refractivity contribution in [3.63, 3.8) is 0 Å². The maximum atomic E-state index is 12.1. The zero-order chi connectivity index (χ0) is 18.3. The van der Waals surface area contributed by atoms with Crippen LogP contribution in [0.4, 0.5) is 5.69 Å². The van der Waals surface area contributed by atoms with Crippen molar-refractivity contribution in [2.75, 3.05) is 11.6 Å². The van der Waals surface area contributed by atoms with Crippen LogP contribution in [0.3, 0.4) is 0 Å². The van der Waals surface area contributed by atoms with Crippen LogP contribution in [0.5, 0.6) is 5.75 Å². The molecule has 4 nitrogen and oxygen atoms in total. The summed E-state index contributed by atoms with van der Waals surface area (Å²) < 4.78 is 11.5. The summed E-state index contributed by atoms with van der Waals surface area (Å²) in [5.74, 6) is 0.767. The highest BCUT2D eigenvalue weighted by Gasteiger charge is 2.23. The lowest BCUT2D eigenvalue weighted by molar-refractivity contribution is 0.289. The Morgan fingerprint density at radius 3 is 2.81 bits per heavy atom. The molecule has 1 aliphatic rings. The second-order valence-corrected chi connectivity index (χ2v) is 7.07. The second-order valence-electron chi connectivity index (χ2n) is 6.66. The first-order valence-electron chi connectivity index (χ1n) is 8.79. The molecule has 26 heavy (non-hydrogen) atoms. The maximum absolute atomic E-state index is 12.1. The molecule has 0 saturated carbocycles. The van der Waals surface area contributed by atoms with Crippen LogP contribution in [-0.4, -0.2) is 6.73 Å². The van der Waals surface area contributed by atoms with Crippen molar-refractivity contribution < 1.29 is 9.15 Å². The summed E-state index contributed by atoms with van der Waals surface area (Å²) in [6.07, 6.45) is 1.82. The highest BCUT2D eigenvalue weighted by atomic mass is 35.5. The number of ether oxygens (including phenoxy) is 1. The molecule has 0 unspecified atom stereocenters.